The van der Waals surface area contributed by atoms with Gasteiger partial charge in [0.1, 0.15) is 24.2 Å². The van der Waals surface area contributed by atoms with Crippen LogP contribution in [0, 0.1) is 0 Å². The molecule has 2 fully saturated rings. The normalized spacial score (nSPS) is 31.5. The average molecular weight is 386 g/mol. The van der Waals surface area contributed by atoms with Crippen molar-refractivity contribution in [1.29, 1.82) is 0 Å². The van der Waals surface area contributed by atoms with Crippen LogP contribution in [0.1, 0.15) is 20.8 Å². The third kappa shape index (κ3) is 5.21. The van der Waals surface area contributed by atoms with Gasteiger partial charge in [-0.05, 0) is 0 Å². The summed E-state index contributed by atoms with van der Waals surface area (Å²) in [4.78, 5) is 38.6. The SMILES string of the molecule is C=CCN=C1NC2C(OC(COC(C)=O)[C@@H](OC(C)=O)[C@@H]2OC(C)=O)S1. The van der Waals surface area contributed by atoms with Gasteiger partial charge in [-0.15, -0.1) is 6.58 Å². The van der Waals surface area contributed by atoms with Gasteiger partial charge in [0.25, 0.3) is 0 Å². The second kappa shape index (κ2) is 9.04. The smallest absolute Gasteiger partial charge is 0.303 e. The molecule has 10 heteroatoms. The zero-order valence-electron chi connectivity index (χ0n) is 14.8. The van der Waals surface area contributed by atoms with E-state index in [1.54, 1.807) is 6.08 Å². The van der Waals surface area contributed by atoms with Crippen LogP contribution in [0.3, 0.4) is 0 Å². The molecule has 2 aliphatic rings. The lowest BCUT2D eigenvalue weighted by atomic mass is 9.97. The Hall–Kier alpha value is -2.07. The van der Waals surface area contributed by atoms with Crippen LogP contribution >= 0.6 is 11.8 Å². The fraction of sp³-hybridized carbons (Fsp3) is 0.625. The van der Waals surface area contributed by atoms with Gasteiger partial charge >= 0.3 is 17.9 Å². The summed E-state index contributed by atoms with van der Waals surface area (Å²) in [6.45, 7) is 7.68. The Morgan fingerprint density at radius 2 is 1.85 bits per heavy atom. The highest BCUT2D eigenvalue weighted by molar-refractivity contribution is 8.14. The molecule has 2 heterocycles. The predicted molar refractivity (Wildman–Crippen MR) is 93.4 cm³/mol. The maximum atomic E-state index is 11.6. The van der Waals surface area contributed by atoms with Gasteiger partial charge in [0.05, 0.1) is 6.54 Å². The number of nitrogens with one attached hydrogen (secondary N) is 1. The summed E-state index contributed by atoms with van der Waals surface area (Å²) in [6, 6.07) is -0.467. The van der Waals surface area contributed by atoms with Crippen molar-refractivity contribution in [2.45, 2.75) is 50.6 Å². The molecule has 0 bridgehead atoms. The van der Waals surface area contributed by atoms with Crippen LogP contribution in [0.4, 0.5) is 0 Å². The van der Waals surface area contributed by atoms with Gasteiger partial charge in [-0.3, -0.25) is 19.4 Å². The number of fused-ring (bicyclic) bond motifs is 1. The van der Waals surface area contributed by atoms with Gasteiger partial charge in [-0.25, -0.2) is 0 Å². The largest absolute Gasteiger partial charge is 0.463 e. The average Bonchev–Trinajstić information content (AvgIpc) is 2.95. The fourth-order valence-corrected chi connectivity index (χ4v) is 3.81. The standard InChI is InChI=1S/C16H22N2O7S/c1-5-6-17-16-18-12-14(24-10(4)21)13(23-9(3)20)11(7-22-8(2)19)25-15(12)26-16/h5,11-15H,1,6-7H2,2-4H3,(H,17,18)/t11?,12?,13-,14-,15?/m1/s1. The van der Waals surface area contributed by atoms with Crippen molar-refractivity contribution in [1.82, 2.24) is 5.32 Å². The van der Waals surface area contributed by atoms with Crippen molar-refractivity contribution in [3.05, 3.63) is 12.7 Å². The molecule has 0 radical (unpaired) electrons. The summed E-state index contributed by atoms with van der Waals surface area (Å²) >= 11 is 1.32. The number of thioether (sulfide) groups is 1. The van der Waals surface area contributed by atoms with Gasteiger partial charge in [0, 0.05) is 20.8 Å². The second-order valence-electron chi connectivity index (χ2n) is 5.72. The van der Waals surface area contributed by atoms with E-state index in [0.717, 1.165) is 0 Å². The molecular weight excluding hydrogens is 364 g/mol. The zero-order chi connectivity index (χ0) is 19.3. The number of rotatable bonds is 6. The predicted octanol–water partition coefficient (Wildman–Crippen LogP) is 0.385. The molecule has 144 valence electrons. The number of hydrogen-bond donors (Lipinski definition) is 1. The Bertz CT molecular complexity index is 609. The molecule has 26 heavy (non-hydrogen) atoms. The van der Waals surface area contributed by atoms with E-state index in [4.69, 9.17) is 18.9 Å². The van der Waals surface area contributed by atoms with E-state index < -0.39 is 47.7 Å². The maximum absolute atomic E-state index is 11.6. The maximum Gasteiger partial charge on any atom is 0.303 e. The summed E-state index contributed by atoms with van der Waals surface area (Å²) in [6.07, 6.45) is -0.878. The first kappa shape index (κ1) is 20.2. The fourth-order valence-electron chi connectivity index (χ4n) is 2.67. The number of aliphatic imine (C=N–C) groups is 1. The number of amidine groups is 1. The van der Waals surface area contributed by atoms with E-state index in [-0.39, 0.29) is 6.61 Å². The molecule has 2 rings (SSSR count). The van der Waals surface area contributed by atoms with Crippen molar-refractivity contribution in [2.75, 3.05) is 13.2 Å². The van der Waals surface area contributed by atoms with E-state index in [9.17, 15) is 14.4 Å². The molecule has 9 nitrogen and oxygen atoms in total. The van der Waals surface area contributed by atoms with E-state index in [1.807, 2.05) is 0 Å². The van der Waals surface area contributed by atoms with Crippen LogP contribution in [-0.2, 0) is 33.3 Å². The van der Waals surface area contributed by atoms with Crippen LogP contribution in [0.15, 0.2) is 17.6 Å². The molecule has 0 amide bonds. The van der Waals surface area contributed by atoms with Crippen LogP contribution in [0.5, 0.6) is 0 Å². The molecule has 2 saturated heterocycles. The molecule has 0 saturated carbocycles. The van der Waals surface area contributed by atoms with Crippen molar-refractivity contribution in [2.24, 2.45) is 4.99 Å². The highest BCUT2D eigenvalue weighted by atomic mass is 32.2. The monoisotopic (exact) mass is 386 g/mol. The van der Waals surface area contributed by atoms with E-state index in [2.05, 4.69) is 16.9 Å². The molecule has 1 N–H and O–H groups in total. The summed E-state index contributed by atoms with van der Waals surface area (Å²) < 4.78 is 21.7. The summed E-state index contributed by atoms with van der Waals surface area (Å²) in [7, 11) is 0. The van der Waals surface area contributed by atoms with Gasteiger partial charge in [0.15, 0.2) is 17.4 Å². The zero-order valence-corrected chi connectivity index (χ0v) is 15.6. The number of carbonyl (C=O) groups excluding carboxylic acids is 3. The lowest BCUT2D eigenvalue weighted by Gasteiger charge is -2.41. The Kier molecular flexibility index (Phi) is 7.04. The van der Waals surface area contributed by atoms with Crippen molar-refractivity contribution < 1.29 is 33.3 Å². The molecular formula is C16H22N2O7S. The van der Waals surface area contributed by atoms with Gasteiger partial charge in [-0.2, -0.15) is 0 Å². The lowest BCUT2D eigenvalue weighted by Crippen LogP contribution is -2.62. The Morgan fingerprint density at radius 3 is 2.42 bits per heavy atom. The molecule has 0 spiro atoms. The number of hydrogen-bond acceptors (Lipinski definition) is 9. The topological polar surface area (TPSA) is 113 Å². The summed E-state index contributed by atoms with van der Waals surface area (Å²) in [5.74, 6) is -1.58. The van der Waals surface area contributed by atoms with E-state index >= 15 is 0 Å². The molecule has 0 aromatic carbocycles. The highest BCUT2D eigenvalue weighted by Crippen LogP contribution is 2.36. The Morgan fingerprint density at radius 1 is 1.19 bits per heavy atom. The van der Waals surface area contributed by atoms with Crippen molar-refractivity contribution in [3.8, 4) is 0 Å². The first-order valence-electron chi connectivity index (χ1n) is 8.03. The molecule has 0 aromatic rings. The number of nitrogens with zero attached hydrogens (tertiary/aromatic N) is 1. The lowest BCUT2D eigenvalue weighted by molar-refractivity contribution is -0.209. The van der Waals surface area contributed by atoms with Crippen LogP contribution in [-0.4, -0.2) is 66.0 Å². The third-order valence-corrected chi connectivity index (χ3v) is 4.69. The van der Waals surface area contributed by atoms with Crippen molar-refractivity contribution >= 4 is 34.8 Å². The Labute approximate surface area is 155 Å². The summed E-state index contributed by atoms with van der Waals surface area (Å²) in [5.41, 5.74) is -0.449. The quantitative estimate of drug-likeness (QED) is 0.393. The first-order chi connectivity index (χ1) is 12.3. The Balaban J connectivity index is 2.27. The first-order valence-corrected chi connectivity index (χ1v) is 8.91. The van der Waals surface area contributed by atoms with Crippen LogP contribution < -0.4 is 5.32 Å². The third-order valence-electron chi connectivity index (χ3n) is 3.58. The van der Waals surface area contributed by atoms with Crippen LogP contribution in [0.2, 0.25) is 0 Å². The van der Waals surface area contributed by atoms with Gasteiger partial charge < -0.3 is 24.3 Å². The highest BCUT2D eigenvalue weighted by Gasteiger charge is 2.53. The van der Waals surface area contributed by atoms with Gasteiger partial charge in [0.2, 0.25) is 0 Å². The van der Waals surface area contributed by atoms with Crippen molar-refractivity contribution in [3.63, 3.8) is 0 Å². The minimum atomic E-state index is -0.927. The van der Waals surface area contributed by atoms with E-state index in [1.165, 1.54) is 32.5 Å². The molecule has 5 atom stereocenters. The second-order valence-corrected chi connectivity index (χ2v) is 6.80. The molecule has 3 unspecified atom stereocenters. The minimum Gasteiger partial charge on any atom is -0.463 e. The van der Waals surface area contributed by atoms with E-state index in [0.29, 0.717) is 11.7 Å². The molecule has 0 aliphatic carbocycles. The van der Waals surface area contributed by atoms with Gasteiger partial charge in [-0.1, -0.05) is 17.8 Å². The number of ether oxygens (including phenoxy) is 4. The minimum absolute atomic E-state index is 0.131. The number of esters is 3. The number of carbonyl (C=O) groups is 3. The molecule has 0 aromatic heterocycles. The summed E-state index contributed by atoms with van der Waals surface area (Å²) in [5, 5.41) is 3.74. The van der Waals surface area contributed by atoms with Crippen LogP contribution in [0.25, 0.3) is 0 Å². The molecule has 2 aliphatic heterocycles.